The van der Waals surface area contributed by atoms with Crippen LogP contribution in [0.5, 0.6) is 0 Å². The van der Waals surface area contributed by atoms with E-state index in [0.717, 1.165) is 30.5 Å². The summed E-state index contributed by atoms with van der Waals surface area (Å²) in [5.41, 5.74) is 0. The minimum absolute atomic E-state index is 0.447. The van der Waals surface area contributed by atoms with Gasteiger partial charge in [-0.15, -0.1) is 0 Å². The van der Waals surface area contributed by atoms with Crippen molar-refractivity contribution < 1.29 is 4.52 Å². The summed E-state index contributed by atoms with van der Waals surface area (Å²) in [6.07, 6.45) is 9.58. The monoisotopic (exact) mass is 279 g/mol. The van der Waals surface area contributed by atoms with E-state index in [4.69, 9.17) is 4.52 Å². The molecule has 0 aliphatic heterocycles. The Balaban J connectivity index is 1.94. The fourth-order valence-corrected chi connectivity index (χ4v) is 3.32. The molecule has 0 radical (unpaired) electrons. The lowest BCUT2D eigenvalue weighted by atomic mass is 9.80. The number of aromatic nitrogens is 2. The van der Waals surface area contributed by atoms with E-state index in [0.29, 0.717) is 12.0 Å². The van der Waals surface area contributed by atoms with Gasteiger partial charge in [0.25, 0.3) is 0 Å². The molecule has 1 aliphatic carbocycles. The van der Waals surface area contributed by atoms with Gasteiger partial charge in [-0.1, -0.05) is 44.7 Å². The van der Waals surface area contributed by atoms with Crippen molar-refractivity contribution in [2.45, 2.75) is 77.2 Å². The molecule has 0 spiro atoms. The third kappa shape index (κ3) is 4.05. The van der Waals surface area contributed by atoms with Crippen molar-refractivity contribution in [1.82, 2.24) is 15.5 Å². The average Bonchev–Trinajstić information content (AvgIpc) is 2.95. The van der Waals surface area contributed by atoms with E-state index in [1.54, 1.807) is 0 Å². The summed E-state index contributed by atoms with van der Waals surface area (Å²) in [6.45, 7) is 4.49. The van der Waals surface area contributed by atoms with Crippen LogP contribution in [0.1, 0.15) is 76.4 Å². The van der Waals surface area contributed by atoms with Gasteiger partial charge in [-0.2, -0.15) is 4.98 Å². The number of nitrogens with one attached hydrogen (secondary N) is 1. The molecular formula is C16H29N3O. The SMILES string of the molecule is CCCC(Cc1nc(C2CCCC(CC)C2)no1)NC. The van der Waals surface area contributed by atoms with E-state index in [2.05, 4.69) is 29.3 Å². The summed E-state index contributed by atoms with van der Waals surface area (Å²) >= 11 is 0. The van der Waals surface area contributed by atoms with Crippen molar-refractivity contribution in [3.05, 3.63) is 11.7 Å². The second-order valence-electron chi connectivity index (χ2n) is 6.16. The van der Waals surface area contributed by atoms with E-state index >= 15 is 0 Å². The quantitative estimate of drug-likeness (QED) is 0.827. The molecule has 3 unspecified atom stereocenters. The zero-order valence-electron chi connectivity index (χ0n) is 13.2. The van der Waals surface area contributed by atoms with E-state index in [-0.39, 0.29) is 0 Å². The molecule has 1 aliphatic rings. The van der Waals surface area contributed by atoms with Crippen LogP contribution in [0.4, 0.5) is 0 Å². The highest BCUT2D eigenvalue weighted by atomic mass is 16.5. The van der Waals surface area contributed by atoms with Crippen LogP contribution in [-0.4, -0.2) is 23.2 Å². The molecule has 4 nitrogen and oxygen atoms in total. The normalized spacial score (nSPS) is 24.8. The maximum atomic E-state index is 5.46. The van der Waals surface area contributed by atoms with Crippen LogP contribution in [-0.2, 0) is 6.42 Å². The Bertz CT molecular complexity index is 391. The molecule has 4 heteroatoms. The molecule has 0 amide bonds. The summed E-state index contributed by atoms with van der Waals surface area (Å²) in [7, 11) is 2.00. The molecule has 0 bridgehead atoms. The number of hydrogen-bond acceptors (Lipinski definition) is 4. The third-order valence-corrected chi connectivity index (χ3v) is 4.68. The van der Waals surface area contributed by atoms with Crippen LogP contribution in [0.15, 0.2) is 4.52 Å². The first-order valence-electron chi connectivity index (χ1n) is 8.26. The molecule has 3 atom stereocenters. The molecule has 0 saturated heterocycles. The van der Waals surface area contributed by atoms with Crippen molar-refractivity contribution in [3.8, 4) is 0 Å². The van der Waals surface area contributed by atoms with Gasteiger partial charge in [0.2, 0.25) is 5.89 Å². The minimum Gasteiger partial charge on any atom is -0.339 e. The number of likely N-dealkylation sites (N-methyl/N-ethyl adjacent to an activating group) is 1. The second kappa shape index (κ2) is 7.77. The van der Waals surface area contributed by atoms with E-state index in [1.807, 2.05) is 7.05 Å². The maximum absolute atomic E-state index is 5.46. The standard InChI is InChI=1S/C16H29N3O/c1-4-7-14(17-3)11-15-18-16(19-20-15)13-9-6-8-12(5-2)10-13/h12-14,17H,4-11H2,1-3H3. The Morgan fingerprint density at radius 2 is 2.20 bits per heavy atom. The highest BCUT2D eigenvalue weighted by Crippen LogP contribution is 2.36. The predicted octanol–water partition coefficient (Wildman–Crippen LogP) is 3.68. The summed E-state index contributed by atoms with van der Waals surface area (Å²) in [5, 5.41) is 7.57. The molecule has 1 saturated carbocycles. The smallest absolute Gasteiger partial charge is 0.228 e. The molecule has 1 aromatic rings. The zero-order valence-corrected chi connectivity index (χ0v) is 13.2. The van der Waals surface area contributed by atoms with Gasteiger partial charge in [0.15, 0.2) is 5.82 Å². The molecule has 1 fully saturated rings. The molecule has 1 heterocycles. The van der Waals surface area contributed by atoms with Gasteiger partial charge in [-0.05, 0) is 32.2 Å². The number of rotatable bonds is 7. The van der Waals surface area contributed by atoms with Crippen molar-refractivity contribution in [2.75, 3.05) is 7.05 Å². The number of hydrogen-bond donors (Lipinski definition) is 1. The first-order valence-corrected chi connectivity index (χ1v) is 8.26. The largest absolute Gasteiger partial charge is 0.339 e. The fourth-order valence-electron chi connectivity index (χ4n) is 3.32. The topological polar surface area (TPSA) is 51.0 Å². The van der Waals surface area contributed by atoms with Crippen molar-refractivity contribution in [3.63, 3.8) is 0 Å². The molecule has 2 rings (SSSR count). The average molecular weight is 279 g/mol. The molecule has 114 valence electrons. The maximum Gasteiger partial charge on any atom is 0.228 e. The van der Waals surface area contributed by atoms with Gasteiger partial charge in [0.1, 0.15) is 0 Å². The first kappa shape index (κ1) is 15.5. The lowest BCUT2D eigenvalue weighted by Gasteiger charge is -2.26. The summed E-state index contributed by atoms with van der Waals surface area (Å²) in [6, 6.07) is 0.447. The Morgan fingerprint density at radius 1 is 1.35 bits per heavy atom. The van der Waals surface area contributed by atoms with Crippen molar-refractivity contribution in [2.24, 2.45) is 5.92 Å². The Hall–Kier alpha value is -0.900. The molecule has 20 heavy (non-hydrogen) atoms. The van der Waals surface area contributed by atoms with Gasteiger partial charge in [0.05, 0.1) is 0 Å². The zero-order chi connectivity index (χ0) is 14.4. The molecule has 1 aromatic heterocycles. The van der Waals surface area contributed by atoms with Crippen LogP contribution in [0.3, 0.4) is 0 Å². The fraction of sp³-hybridized carbons (Fsp3) is 0.875. The first-order chi connectivity index (χ1) is 9.76. The van der Waals surface area contributed by atoms with E-state index < -0.39 is 0 Å². The van der Waals surface area contributed by atoms with Gasteiger partial charge in [0, 0.05) is 18.4 Å². The van der Waals surface area contributed by atoms with Crippen LogP contribution < -0.4 is 5.32 Å². The van der Waals surface area contributed by atoms with E-state index in [9.17, 15) is 0 Å². The van der Waals surface area contributed by atoms with Crippen LogP contribution in [0, 0.1) is 5.92 Å². The molecular weight excluding hydrogens is 250 g/mol. The minimum atomic E-state index is 0.447. The summed E-state index contributed by atoms with van der Waals surface area (Å²) in [5.74, 6) is 3.11. The van der Waals surface area contributed by atoms with Gasteiger partial charge >= 0.3 is 0 Å². The highest BCUT2D eigenvalue weighted by molar-refractivity contribution is 4.99. The van der Waals surface area contributed by atoms with E-state index in [1.165, 1.54) is 38.5 Å². The van der Waals surface area contributed by atoms with Gasteiger partial charge < -0.3 is 9.84 Å². The van der Waals surface area contributed by atoms with Crippen LogP contribution >= 0.6 is 0 Å². The third-order valence-electron chi connectivity index (χ3n) is 4.68. The van der Waals surface area contributed by atoms with Crippen molar-refractivity contribution in [1.29, 1.82) is 0 Å². The molecule has 0 aromatic carbocycles. The number of nitrogens with zero attached hydrogens (tertiary/aromatic N) is 2. The Labute approximate surface area is 122 Å². The van der Waals surface area contributed by atoms with Crippen LogP contribution in [0.25, 0.3) is 0 Å². The lowest BCUT2D eigenvalue weighted by Crippen LogP contribution is -2.27. The van der Waals surface area contributed by atoms with Crippen molar-refractivity contribution >= 4 is 0 Å². The Kier molecular flexibility index (Phi) is 6.02. The lowest BCUT2D eigenvalue weighted by molar-refractivity contribution is 0.297. The van der Waals surface area contributed by atoms with Crippen LogP contribution in [0.2, 0.25) is 0 Å². The summed E-state index contributed by atoms with van der Waals surface area (Å²) in [4.78, 5) is 4.65. The molecule has 1 N–H and O–H groups in total. The van der Waals surface area contributed by atoms with Gasteiger partial charge in [-0.25, -0.2) is 0 Å². The van der Waals surface area contributed by atoms with Gasteiger partial charge in [-0.3, -0.25) is 0 Å². The predicted molar refractivity (Wildman–Crippen MR) is 80.7 cm³/mol. The second-order valence-corrected chi connectivity index (χ2v) is 6.16. The Morgan fingerprint density at radius 3 is 2.90 bits per heavy atom. The highest BCUT2D eigenvalue weighted by Gasteiger charge is 2.26. The summed E-state index contributed by atoms with van der Waals surface area (Å²) < 4.78 is 5.46.